The number of aliphatic hydroxyl groups excluding tert-OH is 2. The normalized spacial score (nSPS) is 47.4. The van der Waals surface area contributed by atoms with Crippen molar-refractivity contribution in [3.8, 4) is 0 Å². The van der Waals surface area contributed by atoms with Gasteiger partial charge in [0.1, 0.15) is 0 Å². The summed E-state index contributed by atoms with van der Waals surface area (Å²) in [6.07, 6.45) is -0.503. The second-order valence-electron chi connectivity index (χ2n) is 3.98. The highest BCUT2D eigenvalue weighted by Gasteiger charge is 2.44. The van der Waals surface area contributed by atoms with Crippen LogP contribution in [0.4, 0.5) is 0 Å². The number of nitrogens with zero attached hydrogens (tertiary/aromatic N) is 1. The van der Waals surface area contributed by atoms with Crippen LogP contribution >= 0.6 is 11.8 Å². The van der Waals surface area contributed by atoms with E-state index < -0.39 is 6.10 Å². The molecule has 0 radical (unpaired) electrons. The first-order chi connectivity index (χ1) is 6.63. The Labute approximate surface area is 87.8 Å². The van der Waals surface area contributed by atoms with Gasteiger partial charge < -0.3 is 10.2 Å². The Kier molecular flexibility index (Phi) is 2.83. The van der Waals surface area contributed by atoms with Crippen LogP contribution in [0, 0.1) is 5.92 Å². The minimum atomic E-state index is -0.503. The van der Waals surface area contributed by atoms with E-state index in [-0.39, 0.29) is 30.0 Å². The maximum atomic E-state index is 9.87. The van der Waals surface area contributed by atoms with E-state index in [0.717, 1.165) is 5.04 Å². The molecule has 1 fully saturated rings. The van der Waals surface area contributed by atoms with Crippen molar-refractivity contribution < 1.29 is 10.2 Å². The maximum absolute atomic E-state index is 9.87. The number of hydrogen-bond donors (Lipinski definition) is 3. The number of aliphatic hydroxyl groups is 2. The lowest BCUT2D eigenvalue weighted by Crippen LogP contribution is -2.59. The predicted molar refractivity (Wildman–Crippen MR) is 57.5 cm³/mol. The highest BCUT2D eigenvalue weighted by Crippen LogP contribution is 2.35. The topological polar surface area (TPSA) is 64.9 Å². The van der Waals surface area contributed by atoms with Gasteiger partial charge in [0.15, 0.2) is 0 Å². The molecule has 0 spiro atoms. The van der Waals surface area contributed by atoms with Crippen molar-refractivity contribution in [2.75, 3.05) is 6.61 Å². The number of rotatable bonds is 1. The molecule has 5 heteroatoms. The van der Waals surface area contributed by atoms with E-state index in [9.17, 15) is 5.11 Å². The quantitative estimate of drug-likeness (QED) is 0.568. The van der Waals surface area contributed by atoms with Crippen LogP contribution in [0.1, 0.15) is 13.8 Å². The van der Waals surface area contributed by atoms with Crippen LogP contribution in [0.25, 0.3) is 0 Å². The van der Waals surface area contributed by atoms with Crippen molar-refractivity contribution in [2.24, 2.45) is 10.9 Å². The zero-order valence-electron chi connectivity index (χ0n) is 8.34. The van der Waals surface area contributed by atoms with Crippen LogP contribution in [0.2, 0.25) is 0 Å². The molecule has 1 saturated heterocycles. The Morgan fingerprint density at radius 1 is 1.57 bits per heavy atom. The monoisotopic (exact) mass is 216 g/mol. The number of piperidine rings is 1. The van der Waals surface area contributed by atoms with Gasteiger partial charge in [0.25, 0.3) is 0 Å². The van der Waals surface area contributed by atoms with Crippen molar-refractivity contribution in [1.82, 2.24) is 5.32 Å². The molecule has 0 saturated carbocycles. The van der Waals surface area contributed by atoms with Crippen LogP contribution < -0.4 is 5.32 Å². The average molecular weight is 216 g/mol. The van der Waals surface area contributed by atoms with Gasteiger partial charge in [-0.25, -0.2) is 0 Å². The van der Waals surface area contributed by atoms with Gasteiger partial charge in [0.05, 0.1) is 35.2 Å². The molecular formula is C9H16N2O2S. The van der Waals surface area contributed by atoms with Crippen LogP contribution in [0.3, 0.4) is 0 Å². The van der Waals surface area contributed by atoms with Gasteiger partial charge in [0, 0.05) is 5.92 Å². The van der Waals surface area contributed by atoms with E-state index in [2.05, 4.69) is 10.3 Å². The summed E-state index contributed by atoms with van der Waals surface area (Å²) >= 11 is 1.69. The third kappa shape index (κ3) is 1.58. The third-order valence-electron chi connectivity index (χ3n) is 3.00. The summed E-state index contributed by atoms with van der Waals surface area (Å²) in [6, 6.07) is -0.0577. The fourth-order valence-electron chi connectivity index (χ4n) is 2.13. The predicted octanol–water partition coefficient (Wildman–Crippen LogP) is -0.193. The number of nitrogens with one attached hydrogen (secondary N) is 1. The molecular weight excluding hydrogens is 200 g/mol. The smallest absolute Gasteiger partial charge is 0.0825 e. The summed E-state index contributed by atoms with van der Waals surface area (Å²) in [5.41, 5.74) is 0. The highest BCUT2D eigenvalue weighted by molar-refractivity contribution is 8.14. The van der Waals surface area contributed by atoms with Crippen molar-refractivity contribution in [3.63, 3.8) is 0 Å². The Morgan fingerprint density at radius 2 is 2.29 bits per heavy atom. The second kappa shape index (κ2) is 3.81. The largest absolute Gasteiger partial charge is 0.395 e. The standard InChI is InChI=1S/C9H16N2O2S/c1-4-7-9(14-5(2)10-7)11-6(3-12)8(4)13/h4,6-9,11-13H,3H2,1-2H3. The molecule has 2 aliphatic rings. The number of thioether (sulfide) groups is 1. The first-order valence-corrected chi connectivity index (χ1v) is 5.77. The van der Waals surface area contributed by atoms with Crippen LogP contribution in [-0.2, 0) is 0 Å². The van der Waals surface area contributed by atoms with E-state index in [1.807, 2.05) is 13.8 Å². The van der Waals surface area contributed by atoms with E-state index in [1.54, 1.807) is 11.8 Å². The summed E-state index contributed by atoms with van der Waals surface area (Å²) in [4.78, 5) is 4.49. The molecule has 4 nitrogen and oxygen atoms in total. The number of aliphatic imine (C=N–C) groups is 1. The minimum absolute atomic E-state index is 0.0195. The van der Waals surface area contributed by atoms with Crippen LogP contribution in [-0.4, -0.2) is 45.4 Å². The van der Waals surface area contributed by atoms with E-state index in [0.29, 0.717) is 0 Å². The lowest BCUT2D eigenvalue weighted by atomic mass is 9.87. The molecule has 80 valence electrons. The first kappa shape index (κ1) is 10.4. The minimum Gasteiger partial charge on any atom is -0.395 e. The van der Waals surface area contributed by atoms with Gasteiger partial charge in [-0.05, 0) is 6.92 Å². The van der Waals surface area contributed by atoms with Gasteiger partial charge in [-0.3, -0.25) is 10.3 Å². The molecule has 5 unspecified atom stereocenters. The third-order valence-corrected chi connectivity index (χ3v) is 4.12. The summed E-state index contributed by atoms with van der Waals surface area (Å²) in [7, 11) is 0. The van der Waals surface area contributed by atoms with Gasteiger partial charge >= 0.3 is 0 Å². The lowest BCUT2D eigenvalue weighted by Gasteiger charge is -2.39. The Balaban J connectivity index is 2.14. The summed E-state index contributed by atoms with van der Waals surface area (Å²) in [5.74, 6) is 0.114. The molecule has 0 aromatic heterocycles. The van der Waals surface area contributed by atoms with Gasteiger partial charge in [-0.15, -0.1) is 0 Å². The first-order valence-electron chi connectivity index (χ1n) is 4.89. The molecule has 2 heterocycles. The summed E-state index contributed by atoms with van der Waals surface area (Å²) in [6.45, 7) is 3.96. The van der Waals surface area contributed by atoms with Crippen LogP contribution in [0.15, 0.2) is 4.99 Å². The van der Waals surface area contributed by atoms with Gasteiger partial charge in [0.2, 0.25) is 0 Å². The Morgan fingerprint density at radius 3 is 2.93 bits per heavy atom. The average Bonchev–Trinajstić information content (AvgIpc) is 2.52. The fraction of sp³-hybridized carbons (Fsp3) is 0.889. The zero-order valence-corrected chi connectivity index (χ0v) is 9.16. The highest BCUT2D eigenvalue weighted by atomic mass is 32.2. The Bertz CT molecular complexity index is 259. The number of fused-ring (bicyclic) bond motifs is 1. The van der Waals surface area contributed by atoms with Crippen LogP contribution in [0.5, 0.6) is 0 Å². The van der Waals surface area contributed by atoms with Crippen molar-refractivity contribution >= 4 is 16.8 Å². The van der Waals surface area contributed by atoms with E-state index in [4.69, 9.17) is 5.11 Å². The Hall–Kier alpha value is -0.100. The van der Waals surface area contributed by atoms with Gasteiger partial charge in [-0.1, -0.05) is 18.7 Å². The van der Waals surface area contributed by atoms with E-state index in [1.165, 1.54) is 0 Å². The van der Waals surface area contributed by atoms with E-state index >= 15 is 0 Å². The zero-order chi connectivity index (χ0) is 10.3. The lowest BCUT2D eigenvalue weighted by molar-refractivity contribution is 0.0143. The van der Waals surface area contributed by atoms with Crippen molar-refractivity contribution in [1.29, 1.82) is 0 Å². The molecule has 0 aliphatic carbocycles. The van der Waals surface area contributed by atoms with Crippen molar-refractivity contribution in [2.45, 2.75) is 37.4 Å². The molecule has 0 amide bonds. The molecule has 5 atom stereocenters. The molecule has 14 heavy (non-hydrogen) atoms. The molecule has 2 rings (SSSR count). The SMILES string of the molecule is CC1=NC2C(NC(CO)C(O)C2C)S1. The van der Waals surface area contributed by atoms with Gasteiger partial charge in [-0.2, -0.15) is 0 Å². The van der Waals surface area contributed by atoms with Crippen molar-refractivity contribution in [3.05, 3.63) is 0 Å². The second-order valence-corrected chi connectivity index (χ2v) is 5.32. The molecule has 0 bridgehead atoms. The molecule has 2 aliphatic heterocycles. The molecule has 3 N–H and O–H groups in total. The summed E-state index contributed by atoms with van der Waals surface area (Å²) < 4.78 is 0. The molecule has 0 aromatic carbocycles. The number of hydrogen-bond acceptors (Lipinski definition) is 5. The molecule has 0 aromatic rings. The summed E-state index contributed by atoms with van der Waals surface area (Å²) in [5, 5.41) is 23.5. The maximum Gasteiger partial charge on any atom is 0.0825 e. The fourth-order valence-corrected chi connectivity index (χ4v) is 3.37.